The Balaban J connectivity index is 1.66. The number of hydrogen-bond acceptors (Lipinski definition) is 4. The number of fused-ring (bicyclic) bond motifs is 2. The van der Waals surface area contributed by atoms with Crippen molar-refractivity contribution in [3.05, 3.63) is 46.5 Å². The molecule has 2 aliphatic rings. The fourth-order valence-electron chi connectivity index (χ4n) is 3.42. The number of benzene rings is 1. The van der Waals surface area contributed by atoms with Gasteiger partial charge in [-0.15, -0.1) is 0 Å². The minimum Gasteiger partial charge on any atom is -0.550 e. The summed E-state index contributed by atoms with van der Waals surface area (Å²) in [7, 11) is 0. The van der Waals surface area contributed by atoms with Crippen LogP contribution in [0.15, 0.2) is 40.9 Å². The van der Waals surface area contributed by atoms with Crippen LogP contribution in [-0.4, -0.2) is 17.8 Å². The van der Waals surface area contributed by atoms with Crippen molar-refractivity contribution in [1.82, 2.24) is 10.9 Å². The van der Waals surface area contributed by atoms with Crippen molar-refractivity contribution in [3.8, 4) is 0 Å². The third-order valence-electron chi connectivity index (χ3n) is 4.45. The fraction of sp³-hybridized carbons (Fsp3) is 0.312. The van der Waals surface area contributed by atoms with E-state index in [-0.39, 0.29) is 11.8 Å². The number of halogens is 1. The number of aliphatic carboxylic acids is 1. The maximum absolute atomic E-state index is 12.3. The normalized spacial score (nSPS) is 27.7. The minimum atomic E-state index is -1.22. The Labute approximate surface area is 141 Å². The molecule has 6 nitrogen and oxygen atoms in total. The molecule has 23 heavy (non-hydrogen) atoms. The molecule has 4 atom stereocenters. The molecule has 1 aromatic carbocycles. The number of allylic oxidation sites excluding steroid dienone is 2. The van der Waals surface area contributed by atoms with Crippen LogP contribution in [0.4, 0.5) is 0 Å². The molecule has 0 aromatic heterocycles. The van der Waals surface area contributed by atoms with Gasteiger partial charge in [-0.25, -0.2) is 0 Å². The Hall–Kier alpha value is -2.15. The van der Waals surface area contributed by atoms with E-state index >= 15 is 0 Å². The highest BCUT2D eigenvalue weighted by Gasteiger charge is 2.48. The molecule has 2 aliphatic carbocycles. The van der Waals surface area contributed by atoms with Crippen LogP contribution in [0.5, 0.6) is 0 Å². The van der Waals surface area contributed by atoms with E-state index < -0.39 is 29.6 Å². The number of carbonyl (C=O) groups is 3. The van der Waals surface area contributed by atoms with E-state index in [2.05, 4.69) is 26.8 Å². The molecule has 2 amide bonds. The zero-order valence-electron chi connectivity index (χ0n) is 12.0. The summed E-state index contributed by atoms with van der Waals surface area (Å²) in [5, 5.41) is 11.3. The van der Waals surface area contributed by atoms with E-state index in [1.165, 1.54) is 0 Å². The molecule has 0 aliphatic heterocycles. The van der Waals surface area contributed by atoms with Crippen LogP contribution in [0.3, 0.4) is 0 Å². The van der Waals surface area contributed by atoms with Gasteiger partial charge in [-0.3, -0.25) is 20.4 Å². The molecule has 120 valence electrons. The average molecular weight is 378 g/mol. The predicted molar refractivity (Wildman–Crippen MR) is 82.5 cm³/mol. The quantitative estimate of drug-likeness (QED) is 0.588. The number of rotatable bonds is 3. The van der Waals surface area contributed by atoms with Crippen LogP contribution < -0.4 is 16.0 Å². The topological polar surface area (TPSA) is 98.3 Å². The third kappa shape index (κ3) is 2.88. The first kappa shape index (κ1) is 15.7. The van der Waals surface area contributed by atoms with Gasteiger partial charge in [0.15, 0.2) is 0 Å². The van der Waals surface area contributed by atoms with Crippen molar-refractivity contribution in [1.29, 1.82) is 0 Å². The zero-order valence-corrected chi connectivity index (χ0v) is 13.6. The number of amides is 2. The number of nitrogens with one attached hydrogen (secondary N) is 2. The Morgan fingerprint density at radius 1 is 1.04 bits per heavy atom. The minimum absolute atomic E-state index is 0.122. The predicted octanol–water partition coefficient (Wildman–Crippen LogP) is 0.398. The van der Waals surface area contributed by atoms with Gasteiger partial charge in [-0.2, -0.15) is 0 Å². The first-order valence-electron chi connectivity index (χ1n) is 7.23. The molecule has 2 bridgehead atoms. The summed E-state index contributed by atoms with van der Waals surface area (Å²) in [4.78, 5) is 35.7. The second-order valence-electron chi connectivity index (χ2n) is 5.74. The summed E-state index contributed by atoms with van der Waals surface area (Å²) >= 11 is 3.26. The van der Waals surface area contributed by atoms with Crippen molar-refractivity contribution >= 4 is 33.7 Å². The molecule has 0 saturated heterocycles. The maximum Gasteiger partial charge on any atom is 0.270 e. The van der Waals surface area contributed by atoms with E-state index in [1.807, 2.05) is 12.2 Å². The second-order valence-corrected chi connectivity index (χ2v) is 6.60. The van der Waals surface area contributed by atoms with Crippen molar-refractivity contribution in [2.75, 3.05) is 0 Å². The molecule has 0 spiro atoms. The highest BCUT2D eigenvalue weighted by Crippen LogP contribution is 2.47. The van der Waals surface area contributed by atoms with Crippen LogP contribution >= 0.6 is 15.9 Å². The van der Waals surface area contributed by atoms with Gasteiger partial charge >= 0.3 is 0 Å². The van der Waals surface area contributed by atoms with Crippen LogP contribution in [0.25, 0.3) is 0 Å². The Morgan fingerprint density at radius 2 is 1.70 bits per heavy atom. The van der Waals surface area contributed by atoms with E-state index in [4.69, 9.17) is 0 Å². The molecule has 7 heteroatoms. The van der Waals surface area contributed by atoms with Crippen molar-refractivity contribution in [2.24, 2.45) is 23.7 Å². The number of hydrazine groups is 1. The average Bonchev–Trinajstić information content (AvgIpc) is 3.13. The monoisotopic (exact) mass is 377 g/mol. The van der Waals surface area contributed by atoms with Gasteiger partial charge < -0.3 is 9.90 Å². The Morgan fingerprint density at radius 3 is 2.35 bits per heavy atom. The standard InChI is InChI=1S/C16H15BrN2O4/c17-11-4-2-1-3-10(11)14(20)18-19-15(21)12-8-5-6-9(7-8)13(12)16(22)23/h1-6,8-9,12-13H,7H2,(H,18,20)(H,19,21)(H,22,23)/p-1/t8-,9-,12-,13-/m0/s1. The number of carboxylic acid groups (broad SMARTS) is 1. The molecule has 0 radical (unpaired) electrons. The van der Waals surface area contributed by atoms with Gasteiger partial charge in [-0.05, 0) is 46.3 Å². The second kappa shape index (κ2) is 6.16. The van der Waals surface area contributed by atoms with Gasteiger partial charge in [0.2, 0.25) is 5.91 Å². The summed E-state index contributed by atoms with van der Waals surface area (Å²) in [6.07, 6.45) is 4.33. The molecular formula is C16H14BrN2O4-. The van der Waals surface area contributed by atoms with Crippen LogP contribution in [0.2, 0.25) is 0 Å². The van der Waals surface area contributed by atoms with Gasteiger partial charge in [-0.1, -0.05) is 24.3 Å². The smallest absolute Gasteiger partial charge is 0.270 e. The van der Waals surface area contributed by atoms with Gasteiger partial charge in [0.1, 0.15) is 0 Å². The molecule has 2 N–H and O–H groups in total. The lowest BCUT2D eigenvalue weighted by Crippen LogP contribution is -2.50. The van der Waals surface area contributed by atoms with Crippen molar-refractivity contribution in [3.63, 3.8) is 0 Å². The number of hydrogen-bond donors (Lipinski definition) is 2. The highest BCUT2D eigenvalue weighted by molar-refractivity contribution is 9.10. The SMILES string of the molecule is O=C(NNC(=O)[C@@H]1[C@@H](C(=O)[O-])[C@H]2C=C[C@H]1C2)c1ccccc1Br. The Kier molecular flexibility index (Phi) is 4.21. The van der Waals surface area contributed by atoms with Crippen LogP contribution in [0, 0.1) is 23.7 Å². The summed E-state index contributed by atoms with van der Waals surface area (Å²) in [6.45, 7) is 0. The van der Waals surface area contributed by atoms with Crippen LogP contribution in [-0.2, 0) is 9.59 Å². The van der Waals surface area contributed by atoms with E-state index in [0.29, 0.717) is 16.5 Å². The van der Waals surface area contributed by atoms with E-state index in [1.54, 1.807) is 24.3 Å². The molecule has 1 aromatic rings. The molecule has 1 fully saturated rings. The fourth-order valence-corrected chi connectivity index (χ4v) is 3.88. The lowest BCUT2D eigenvalue weighted by atomic mass is 9.82. The number of carbonyl (C=O) groups excluding carboxylic acids is 3. The highest BCUT2D eigenvalue weighted by atomic mass is 79.9. The number of carboxylic acids is 1. The largest absolute Gasteiger partial charge is 0.550 e. The summed E-state index contributed by atoms with van der Waals surface area (Å²) in [5.41, 5.74) is 5.04. The van der Waals surface area contributed by atoms with Gasteiger partial charge in [0, 0.05) is 16.4 Å². The summed E-state index contributed by atoms with van der Waals surface area (Å²) < 4.78 is 0.599. The Bertz CT molecular complexity index is 703. The summed E-state index contributed by atoms with van der Waals surface area (Å²) in [5.74, 6) is -4.05. The van der Waals surface area contributed by atoms with Gasteiger partial charge in [0.05, 0.1) is 11.5 Å². The molecule has 3 rings (SSSR count). The lowest BCUT2D eigenvalue weighted by Gasteiger charge is -2.27. The van der Waals surface area contributed by atoms with E-state index in [0.717, 1.165) is 0 Å². The van der Waals surface area contributed by atoms with Crippen molar-refractivity contribution in [2.45, 2.75) is 6.42 Å². The van der Waals surface area contributed by atoms with Crippen molar-refractivity contribution < 1.29 is 19.5 Å². The molecule has 0 heterocycles. The first-order chi connectivity index (χ1) is 11.0. The lowest BCUT2D eigenvalue weighted by molar-refractivity contribution is -0.313. The third-order valence-corrected chi connectivity index (χ3v) is 5.14. The summed E-state index contributed by atoms with van der Waals surface area (Å²) in [6, 6.07) is 6.79. The van der Waals surface area contributed by atoms with Crippen LogP contribution in [0.1, 0.15) is 16.8 Å². The first-order valence-corrected chi connectivity index (χ1v) is 8.02. The molecule has 0 unspecified atom stereocenters. The molecule has 1 saturated carbocycles. The van der Waals surface area contributed by atoms with Gasteiger partial charge in [0.25, 0.3) is 5.91 Å². The zero-order chi connectivity index (χ0) is 16.6. The maximum atomic E-state index is 12.3. The van der Waals surface area contributed by atoms with E-state index in [9.17, 15) is 19.5 Å². The molecular weight excluding hydrogens is 364 g/mol.